The second kappa shape index (κ2) is 3.50. The minimum absolute atomic E-state index is 0.0597. The number of benzene rings is 1. The molecule has 0 spiro atoms. The molecule has 1 aromatic carbocycles. The molecular formula is C10H10ClNO2. The van der Waals surface area contributed by atoms with Gasteiger partial charge in [-0.2, -0.15) is 0 Å². The van der Waals surface area contributed by atoms with E-state index in [1.165, 1.54) is 0 Å². The molecular weight excluding hydrogens is 202 g/mol. The fourth-order valence-corrected chi connectivity index (χ4v) is 1.74. The van der Waals surface area contributed by atoms with Crippen molar-refractivity contribution in [1.82, 2.24) is 5.32 Å². The van der Waals surface area contributed by atoms with Gasteiger partial charge in [0.15, 0.2) is 0 Å². The Morgan fingerprint density at radius 1 is 1.50 bits per heavy atom. The molecule has 14 heavy (non-hydrogen) atoms. The van der Waals surface area contributed by atoms with Crippen LogP contribution < -0.4 is 5.32 Å². The van der Waals surface area contributed by atoms with Crippen molar-refractivity contribution >= 4 is 17.5 Å². The van der Waals surface area contributed by atoms with Gasteiger partial charge < -0.3 is 10.4 Å². The topological polar surface area (TPSA) is 49.3 Å². The molecule has 1 aromatic rings. The summed E-state index contributed by atoms with van der Waals surface area (Å²) < 4.78 is 0. The molecule has 2 N–H and O–H groups in total. The van der Waals surface area contributed by atoms with Gasteiger partial charge in [0, 0.05) is 18.9 Å². The quantitative estimate of drug-likeness (QED) is 0.742. The monoisotopic (exact) mass is 211 g/mol. The van der Waals surface area contributed by atoms with E-state index >= 15 is 0 Å². The molecule has 1 unspecified atom stereocenters. The second-order valence-electron chi connectivity index (χ2n) is 3.42. The number of halogens is 1. The van der Waals surface area contributed by atoms with E-state index in [4.69, 9.17) is 11.6 Å². The van der Waals surface area contributed by atoms with E-state index in [1.54, 1.807) is 12.1 Å². The maximum atomic E-state index is 11.0. The van der Waals surface area contributed by atoms with Crippen LogP contribution in [0, 0.1) is 0 Å². The highest BCUT2D eigenvalue weighted by atomic mass is 35.5. The number of nitrogens with one attached hydrogen (secondary N) is 1. The summed E-state index contributed by atoms with van der Waals surface area (Å²) in [4.78, 5) is 11.0. The molecule has 1 fully saturated rings. The van der Waals surface area contributed by atoms with Crippen LogP contribution in [0.25, 0.3) is 0 Å². The van der Waals surface area contributed by atoms with Gasteiger partial charge in [0.05, 0.1) is 5.02 Å². The number of hydrogen-bond acceptors (Lipinski definition) is 2. The summed E-state index contributed by atoms with van der Waals surface area (Å²) in [6.07, 6.45) is 0.487. The zero-order valence-electron chi connectivity index (χ0n) is 7.46. The minimum Gasteiger partial charge on any atom is -0.506 e. The number of hydrogen-bond donors (Lipinski definition) is 2. The highest BCUT2D eigenvalue weighted by Gasteiger charge is 2.23. The molecule has 0 aromatic heterocycles. The Morgan fingerprint density at radius 2 is 2.29 bits per heavy atom. The van der Waals surface area contributed by atoms with Crippen molar-refractivity contribution in [3.63, 3.8) is 0 Å². The summed E-state index contributed by atoms with van der Waals surface area (Å²) in [5.74, 6) is 0.290. The number of aromatic hydroxyl groups is 1. The Bertz CT molecular complexity index is 378. The first-order valence-corrected chi connectivity index (χ1v) is 4.79. The number of carbonyl (C=O) groups is 1. The maximum Gasteiger partial charge on any atom is 0.220 e. The van der Waals surface area contributed by atoms with Gasteiger partial charge >= 0.3 is 0 Å². The lowest BCUT2D eigenvalue weighted by Gasteiger charge is -2.08. The highest BCUT2D eigenvalue weighted by Crippen LogP contribution is 2.30. The summed E-state index contributed by atoms with van der Waals surface area (Å²) >= 11 is 5.68. The highest BCUT2D eigenvalue weighted by molar-refractivity contribution is 6.32. The summed E-state index contributed by atoms with van der Waals surface area (Å²) in [6.45, 7) is 0.639. The van der Waals surface area contributed by atoms with Gasteiger partial charge in [0.2, 0.25) is 5.91 Å². The van der Waals surface area contributed by atoms with E-state index in [0.717, 1.165) is 5.56 Å². The standard InChI is InChI=1S/C10H10ClNO2/c11-8-2-1-6(3-9(8)13)7-4-10(14)12-5-7/h1-3,7,13H,4-5H2,(H,12,14). The fraction of sp³-hybridized carbons (Fsp3) is 0.300. The lowest BCUT2D eigenvalue weighted by Crippen LogP contribution is -2.13. The zero-order chi connectivity index (χ0) is 10.1. The van der Waals surface area contributed by atoms with Crippen molar-refractivity contribution in [3.8, 4) is 5.75 Å². The molecule has 0 bridgehead atoms. The van der Waals surface area contributed by atoms with E-state index < -0.39 is 0 Å². The van der Waals surface area contributed by atoms with Gasteiger partial charge in [-0.05, 0) is 17.7 Å². The third-order valence-electron chi connectivity index (χ3n) is 2.42. The SMILES string of the molecule is O=C1CC(c2ccc(Cl)c(O)c2)CN1. The molecule has 4 heteroatoms. The van der Waals surface area contributed by atoms with E-state index in [0.29, 0.717) is 18.0 Å². The number of amides is 1. The van der Waals surface area contributed by atoms with Crippen molar-refractivity contribution in [2.45, 2.75) is 12.3 Å². The summed E-state index contributed by atoms with van der Waals surface area (Å²) in [5.41, 5.74) is 0.949. The van der Waals surface area contributed by atoms with Crippen LogP contribution in [0.3, 0.4) is 0 Å². The number of carbonyl (C=O) groups excluding carboxylic acids is 1. The largest absolute Gasteiger partial charge is 0.506 e. The Labute approximate surface area is 86.7 Å². The van der Waals surface area contributed by atoms with E-state index in [2.05, 4.69) is 5.32 Å². The summed E-state index contributed by atoms with van der Waals surface area (Å²) in [7, 11) is 0. The van der Waals surface area contributed by atoms with Crippen LogP contribution in [0.2, 0.25) is 5.02 Å². The van der Waals surface area contributed by atoms with Crippen LogP contribution in [-0.4, -0.2) is 17.6 Å². The lowest BCUT2D eigenvalue weighted by atomic mass is 9.98. The van der Waals surface area contributed by atoms with Gasteiger partial charge in [0.1, 0.15) is 5.75 Å². The van der Waals surface area contributed by atoms with Crippen molar-refractivity contribution in [3.05, 3.63) is 28.8 Å². The van der Waals surface area contributed by atoms with Crippen molar-refractivity contribution < 1.29 is 9.90 Å². The van der Waals surface area contributed by atoms with Crippen LogP contribution in [0.15, 0.2) is 18.2 Å². The maximum absolute atomic E-state index is 11.0. The smallest absolute Gasteiger partial charge is 0.220 e. The van der Waals surface area contributed by atoms with Crippen LogP contribution in [0.1, 0.15) is 17.9 Å². The van der Waals surface area contributed by atoms with Crippen molar-refractivity contribution in [2.24, 2.45) is 0 Å². The first-order chi connectivity index (χ1) is 6.66. The summed E-state index contributed by atoms with van der Waals surface area (Å²) in [6, 6.07) is 5.11. The van der Waals surface area contributed by atoms with E-state index in [1.807, 2.05) is 6.07 Å². The molecule has 1 aliphatic heterocycles. The van der Waals surface area contributed by atoms with Gasteiger partial charge in [-0.15, -0.1) is 0 Å². The third-order valence-corrected chi connectivity index (χ3v) is 2.74. The molecule has 1 atom stereocenters. The molecule has 0 aliphatic carbocycles. The van der Waals surface area contributed by atoms with Gasteiger partial charge in [-0.25, -0.2) is 0 Å². The minimum atomic E-state index is 0.0597. The van der Waals surface area contributed by atoms with Crippen LogP contribution >= 0.6 is 11.6 Å². The molecule has 74 valence electrons. The summed E-state index contributed by atoms with van der Waals surface area (Å²) in [5, 5.41) is 12.5. The molecule has 0 saturated carbocycles. The van der Waals surface area contributed by atoms with Crippen molar-refractivity contribution in [2.75, 3.05) is 6.54 Å². The van der Waals surface area contributed by atoms with Crippen LogP contribution in [0.4, 0.5) is 0 Å². The van der Waals surface area contributed by atoms with Gasteiger partial charge in [0.25, 0.3) is 0 Å². The Balaban J connectivity index is 2.24. The predicted octanol–water partition coefficient (Wildman–Crippen LogP) is 1.65. The molecule has 1 aliphatic rings. The molecule has 1 heterocycles. The fourth-order valence-electron chi connectivity index (χ4n) is 1.62. The van der Waals surface area contributed by atoms with E-state index in [9.17, 15) is 9.90 Å². The molecule has 1 saturated heterocycles. The average molecular weight is 212 g/mol. The van der Waals surface area contributed by atoms with Gasteiger partial charge in [-0.3, -0.25) is 4.79 Å². The zero-order valence-corrected chi connectivity index (χ0v) is 8.21. The first kappa shape index (κ1) is 9.34. The average Bonchev–Trinajstić information content (AvgIpc) is 2.57. The van der Waals surface area contributed by atoms with Crippen LogP contribution in [0.5, 0.6) is 5.75 Å². The number of phenolic OH excluding ortho intramolecular Hbond substituents is 1. The molecule has 2 rings (SSSR count). The predicted molar refractivity (Wildman–Crippen MR) is 53.5 cm³/mol. The number of phenols is 1. The Kier molecular flexibility index (Phi) is 2.33. The Morgan fingerprint density at radius 3 is 2.86 bits per heavy atom. The number of rotatable bonds is 1. The second-order valence-corrected chi connectivity index (χ2v) is 3.82. The van der Waals surface area contributed by atoms with Crippen LogP contribution in [-0.2, 0) is 4.79 Å². The third kappa shape index (κ3) is 1.68. The van der Waals surface area contributed by atoms with E-state index in [-0.39, 0.29) is 17.6 Å². The molecule has 0 radical (unpaired) electrons. The molecule has 3 nitrogen and oxygen atoms in total. The first-order valence-electron chi connectivity index (χ1n) is 4.42. The lowest BCUT2D eigenvalue weighted by molar-refractivity contribution is -0.119. The molecule has 1 amide bonds. The Hall–Kier alpha value is -1.22. The normalized spacial score (nSPS) is 20.9. The van der Waals surface area contributed by atoms with Crippen molar-refractivity contribution in [1.29, 1.82) is 0 Å². The van der Waals surface area contributed by atoms with Gasteiger partial charge in [-0.1, -0.05) is 17.7 Å².